The van der Waals surface area contributed by atoms with Crippen molar-refractivity contribution in [2.75, 3.05) is 0 Å². The summed E-state index contributed by atoms with van der Waals surface area (Å²) in [6.07, 6.45) is 3.49. The van der Waals surface area contributed by atoms with Crippen molar-refractivity contribution in [1.29, 1.82) is 0 Å². The highest BCUT2D eigenvalue weighted by molar-refractivity contribution is 6.30. The van der Waals surface area contributed by atoms with Crippen molar-refractivity contribution in [2.24, 2.45) is 5.10 Å². The Morgan fingerprint density at radius 2 is 1.66 bits per heavy atom. The van der Waals surface area contributed by atoms with E-state index in [0.29, 0.717) is 39.3 Å². The van der Waals surface area contributed by atoms with Crippen molar-refractivity contribution in [3.63, 3.8) is 0 Å². The fraction of sp³-hybridized carbons (Fsp3) is 0.0303. The first-order valence-corrected chi connectivity index (χ1v) is 13.3. The number of hydrogen-bond donors (Lipinski definition) is 2. The lowest BCUT2D eigenvalue weighted by atomic mass is 10.0. The molecule has 0 radical (unpaired) electrons. The summed E-state index contributed by atoms with van der Waals surface area (Å²) in [6.45, 7) is 0.551. The average molecular weight is 558 g/mol. The second kappa shape index (κ2) is 11.5. The predicted octanol–water partition coefficient (Wildman–Crippen LogP) is 6.94. The van der Waals surface area contributed by atoms with E-state index >= 15 is 0 Å². The molecule has 0 saturated heterocycles. The molecule has 1 amide bonds. The summed E-state index contributed by atoms with van der Waals surface area (Å²) >= 11 is 6.04. The van der Waals surface area contributed by atoms with Crippen molar-refractivity contribution in [3.05, 3.63) is 137 Å². The fourth-order valence-electron chi connectivity index (χ4n) is 4.62. The van der Waals surface area contributed by atoms with Gasteiger partial charge in [0.1, 0.15) is 11.4 Å². The van der Waals surface area contributed by atoms with Gasteiger partial charge in [-0.15, -0.1) is 0 Å². The van der Waals surface area contributed by atoms with E-state index in [0.717, 1.165) is 22.4 Å². The van der Waals surface area contributed by atoms with Crippen molar-refractivity contribution >= 4 is 34.6 Å². The number of hydrazone groups is 1. The van der Waals surface area contributed by atoms with E-state index in [2.05, 4.69) is 15.5 Å². The van der Waals surface area contributed by atoms with Crippen LogP contribution >= 0.6 is 11.6 Å². The number of nitrogens with zero attached hydrogens (tertiary/aromatic N) is 4. The molecule has 200 valence electrons. The molecule has 4 aromatic carbocycles. The number of carbonyl (C=O) groups excluding carboxylic acids is 1. The van der Waals surface area contributed by atoms with Crippen molar-refractivity contribution in [3.8, 4) is 28.3 Å². The summed E-state index contributed by atoms with van der Waals surface area (Å²) in [7, 11) is 0. The number of pyridine rings is 1. The molecule has 0 bridgehead atoms. The summed E-state index contributed by atoms with van der Waals surface area (Å²) in [5.41, 5.74) is 8.21. The molecule has 6 rings (SSSR count). The smallest absolute Gasteiger partial charge is 0.272 e. The summed E-state index contributed by atoms with van der Waals surface area (Å²) in [6, 6.07) is 33.4. The molecule has 0 saturated carbocycles. The van der Waals surface area contributed by atoms with Gasteiger partial charge in [-0.2, -0.15) is 10.2 Å². The van der Waals surface area contributed by atoms with Gasteiger partial charge in [-0.05, 0) is 42.0 Å². The normalized spacial score (nSPS) is 11.2. The van der Waals surface area contributed by atoms with Crippen LogP contribution in [0.25, 0.3) is 33.4 Å². The minimum absolute atomic E-state index is 0.0868. The van der Waals surface area contributed by atoms with Crippen LogP contribution in [0.2, 0.25) is 5.02 Å². The highest BCUT2D eigenvalue weighted by Crippen LogP contribution is 2.30. The van der Waals surface area contributed by atoms with Crippen LogP contribution in [0.4, 0.5) is 0 Å². The van der Waals surface area contributed by atoms with Crippen LogP contribution in [0, 0.1) is 0 Å². The maximum Gasteiger partial charge on any atom is 0.272 e. The number of halogens is 1. The Morgan fingerprint density at radius 3 is 2.46 bits per heavy atom. The number of phenols is 1. The summed E-state index contributed by atoms with van der Waals surface area (Å²) in [4.78, 5) is 18.1. The number of para-hydroxylation sites is 2. The van der Waals surface area contributed by atoms with E-state index in [1.165, 1.54) is 0 Å². The van der Waals surface area contributed by atoms with Gasteiger partial charge in [-0.1, -0.05) is 84.4 Å². The zero-order chi connectivity index (χ0) is 28.2. The third kappa shape index (κ3) is 5.71. The first-order chi connectivity index (χ1) is 20.0. The van der Waals surface area contributed by atoms with Crippen LogP contribution in [0.1, 0.15) is 21.5 Å². The molecule has 0 aliphatic heterocycles. The molecule has 6 aromatic rings. The van der Waals surface area contributed by atoms with E-state index in [-0.39, 0.29) is 5.75 Å². The highest BCUT2D eigenvalue weighted by Gasteiger charge is 2.16. The highest BCUT2D eigenvalue weighted by atomic mass is 35.5. The Bertz CT molecular complexity index is 1880. The van der Waals surface area contributed by atoms with Gasteiger partial charge in [-0.25, -0.2) is 10.4 Å². The van der Waals surface area contributed by atoms with Gasteiger partial charge >= 0.3 is 0 Å². The second-order valence-electron chi connectivity index (χ2n) is 9.41. The minimum atomic E-state index is -0.397. The van der Waals surface area contributed by atoms with Gasteiger partial charge < -0.3 is 5.11 Å². The summed E-state index contributed by atoms with van der Waals surface area (Å²) in [5, 5.41) is 20.8. The van der Waals surface area contributed by atoms with Gasteiger partial charge in [0.2, 0.25) is 0 Å². The predicted molar refractivity (Wildman–Crippen MR) is 162 cm³/mol. The monoisotopic (exact) mass is 557 g/mol. The van der Waals surface area contributed by atoms with Crippen molar-refractivity contribution in [2.45, 2.75) is 6.54 Å². The van der Waals surface area contributed by atoms with Crippen LogP contribution in [-0.4, -0.2) is 32.0 Å². The first-order valence-electron chi connectivity index (χ1n) is 12.9. The van der Waals surface area contributed by atoms with Crippen molar-refractivity contribution in [1.82, 2.24) is 20.2 Å². The number of amides is 1. The molecule has 8 heteroatoms. The minimum Gasteiger partial charge on any atom is -0.507 e. The number of aromatic hydroxyl groups is 1. The molecule has 0 atom stereocenters. The number of benzene rings is 4. The third-order valence-electron chi connectivity index (χ3n) is 6.61. The molecular formula is C33H24ClN5O2. The zero-order valence-corrected chi connectivity index (χ0v) is 22.5. The van der Waals surface area contributed by atoms with E-state index < -0.39 is 5.91 Å². The van der Waals surface area contributed by atoms with Crippen LogP contribution in [0.5, 0.6) is 5.75 Å². The molecule has 7 nitrogen and oxygen atoms in total. The SMILES string of the molecule is O=C(N/N=C/c1cn(Cc2ccc(Cl)cc2)nc1-c1ccccc1)c1cc(-c2ccccc2O)nc2ccccc12. The summed E-state index contributed by atoms with van der Waals surface area (Å²) in [5.74, 6) is -0.310. The lowest BCUT2D eigenvalue weighted by Gasteiger charge is -2.10. The van der Waals surface area contributed by atoms with Crippen LogP contribution in [0.3, 0.4) is 0 Å². The number of hydrogen-bond acceptors (Lipinski definition) is 5. The van der Waals surface area contributed by atoms with Gasteiger partial charge in [0.15, 0.2) is 0 Å². The Morgan fingerprint density at radius 1 is 0.927 bits per heavy atom. The number of rotatable bonds is 7. The van der Waals surface area contributed by atoms with E-state index in [1.807, 2.05) is 95.8 Å². The Balaban J connectivity index is 1.31. The molecule has 2 heterocycles. The van der Waals surface area contributed by atoms with E-state index in [9.17, 15) is 9.90 Å². The van der Waals surface area contributed by atoms with Crippen LogP contribution in [-0.2, 0) is 6.54 Å². The first kappa shape index (κ1) is 26.0. The number of carbonyl (C=O) groups is 1. The fourth-order valence-corrected chi connectivity index (χ4v) is 4.75. The van der Waals surface area contributed by atoms with Gasteiger partial charge in [0, 0.05) is 33.3 Å². The Kier molecular flexibility index (Phi) is 7.26. The maximum absolute atomic E-state index is 13.4. The molecule has 0 aliphatic carbocycles. The number of aromatic nitrogens is 3. The van der Waals surface area contributed by atoms with E-state index in [4.69, 9.17) is 16.7 Å². The van der Waals surface area contributed by atoms with Crippen LogP contribution < -0.4 is 5.43 Å². The van der Waals surface area contributed by atoms with E-state index in [1.54, 1.807) is 30.5 Å². The zero-order valence-electron chi connectivity index (χ0n) is 21.8. The molecule has 41 heavy (non-hydrogen) atoms. The lowest BCUT2D eigenvalue weighted by Crippen LogP contribution is -2.18. The number of nitrogens with one attached hydrogen (secondary N) is 1. The molecule has 0 unspecified atom stereocenters. The largest absolute Gasteiger partial charge is 0.507 e. The molecule has 0 spiro atoms. The van der Waals surface area contributed by atoms with Gasteiger partial charge in [-0.3, -0.25) is 9.48 Å². The average Bonchev–Trinajstić information content (AvgIpc) is 3.40. The van der Waals surface area contributed by atoms with Crippen LogP contribution in [0.15, 0.2) is 120 Å². The standard InChI is InChI=1S/C33H24ClN5O2/c34-25-16-14-22(15-17-25)20-39-21-24(32(38-39)23-8-2-1-3-9-23)19-35-37-33(41)28-18-30(27-11-5-7-13-31(27)40)36-29-12-6-4-10-26(28)29/h1-19,21,40H,20H2,(H,37,41)/b35-19+. The van der Waals surface area contributed by atoms with Gasteiger partial charge in [0.25, 0.3) is 5.91 Å². The molecular weight excluding hydrogens is 534 g/mol. The Hall–Kier alpha value is -5.27. The number of fused-ring (bicyclic) bond motifs is 1. The van der Waals surface area contributed by atoms with Gasteiger partial charge in [0.05, 0.1) is 29.5 Å². The Labute approximate surface area is 241 Å². The molecule has 2 aromatic heterocycles. The number of phenolic OH excluding ortho intramolecular Hbond substituents is 1. The lowest BCUT2D eigenvalue weighted by molar-refractivity contribution is 0.0956. The van der Waals surface area contributed by atoms with Crippen molar-refractivity contribution < 1.29 is 9.90 Å². The second-order valence-corrected chi connectivity index (χ2v) is 9.85. The molecule has 2 N–H and O–H groups in total. The third-order valence-corrected chi connectivity index (χ3v) is 6.86. The molecule has 0 aliphatic rings. The molecule has 0 fully saturated rings. The summed E-state index contributed by atoms with van der Waals surface area (Å²) < 4.78 is 1.84. The topological polar surface area (TPSA) is 92.4 Å². The maximum atomic E-state index is 13.4. The quantitative estimate of drug-likeness (QED) is 0.164.